The Morgan fingerprint density at radius 1 is 1.25 bits per heavy atom. The maximum Gasteiger partial charge on any atom is 0.338 e. The molecule has 1 aromatic heterocycles. The third kappa shape index (κ3) is 3.98. The van der Waals surface area contributed by atoms with E-state index in [0.29, 0.717) is 35.7 Å². The molecule has 0 bridgehead atoms. The molecule has 0 aliphatic rings. The second-order valence-electron chi connectivity index (χ2n) is 5.52. The maximum absolute atomic E-state index is 12.5. The number of hydrogen-bond donors (Lipinski definition) is 1. The standard InChI is InChI=1S/C17H22N4O3/c1-5-14-15(20-21(19-14)11(3)4)16(22)18-13-9-7-8-12(10-13)17(23)24-6-2/h7-11H,5-6H2,1-4H3,(H,18,22). The predicted molar refractivity (Wildman–Crippen MR) is 90.1 cm³/mol. The first-order chi connectivity index (χ1) is 11.5. The molecular formula is C17H22N4O3. The highest BCUT2D eigenvalue weighted by Crippen LogP contribution is 2.15. The lowest BCUT2D eigenvalue weighted by molar-refractivity contribution is 0.0526. The van der Waals surface area contributed by atoms with Crippen molar-refractivity contribution >= 4 is 17.6 Å². The Morgan fingerprint density at radius 3 is 2.62 bits per heavy atom. The number of esters is 1. The first-order valence-electron chi connectivity index (χ1n) is 8.00. The lowest BCUT2D eigenvalue weighted by atomic mass is 10.2. The van der Waals surface area contributed by atoms with Crippen molar-refractivity contribution in [1.29, 1.82) is 0 Å². The molecule has 0 spiro atoms. The van der Waals surface area contributed by atoms with Crippen LogP contribution in [0, 0.1) is 0 Å². The van der Waals surface area contributed by atoms with E-state index in [1.165, 1.54) is 4.80 Å². The van der Waals surface area contributed by atoms with Crippen molar-refractivity contribution in [2.75, 3.05) is 11.9 Å². The lowest BCUT2D eigenvalue weighted by Crippen LogP contribution is -2.15. The normalized spacial score (nSPS) is 10.7. The number of amides is 1. The van der Waals surface area contributed by atoms with Gasteiger partial charge in [0.15, 0.2) is 5.69 Å². The molecule has 2 aromatic rings. The van der Waals surface area contributed by atoms with Crippen LogP contribution in [-0.2, 0) is 11.2 Å². The zero-order valence-electron chi connectivity index (χ0n) is 14.4. The average Bonchev–Trinajstić information content (AvgIpc) is 3.00. The van der Waals surface area contributed by atoms with Crippen LogP contribution in [0.25, 0.3) is 0 Å². The summed E-state index contributed by atoms with van der Waals surface area (Å²) >= 11 is 0. The Bertz CT molecular complexity index is 737. The molecule has 0 atom stereocenters. The van der Waals surface area contributed by atoms with Crippen molar-refractivity contribution in [1.82, 2.24) is 15.0 Å². The molecule has 2 rings (SSSR count). The van der Waals surface area contributed by atoms with Gasteiger partial charge >= 0.3 is 5.97 Å². The first kappa shape index (κ1) is 17.7. The van der Waals surface area contributed by atoms with Gasteiger partial charge in [-0.1, -0.05) is 13.0 Å². The number of rotatable bonds is 6. The van der Waals surface area contributed by atoms with Gasteiger partial charge in [-0.15, -0.1) is 5.10 Å². The van der Waals surface area contributed by atoms with Gasteiger partial charge in [0.25, 0.3) is 5.91 Å². The Hall–Kier alpha value is -2.70. The summed E-state index contributed by atoms with van der Waals surface area (Å²) in [5, 5.41) is 11.4. The van der Waals surface area contributed by atoms with E-state index in [4.69, 9.17) is 4.74 Å². The van der Waals surface area contributed by atoms with E-state index >= 15 is 0 Å². The molecule has 0 saturated heterocycles. The number of aryl methyl sites for hydroxylation is 1. The third-order valence-corrected chi connectivity index (χ3v) is 3.34. The summed E-state index contributed by atoms with van der Waals surface area (Å²) in [5.74, 6) is -0.770. The first-order valence-corrected chi connectivity index (χ1v) is 8.00. The highest BCUT2D eigenvalue weighted by molar-refractivity contribution is 6.04. The molecule has 0 fully saturated rings. The Kier molecular flexibility index (Phi) is 5.68. The van der Waals surface area contributed by atoms with Crippen LogP contribution in [0.1, 0.15) is 60.3 Å². The van der Waals surface area contributed by atoms with E-state index in [2.05, 4.69) is 15.5 Å². The number of nitrogens with zero attached hydrogens (tertiary/aromatic N) is 3. The fraction of sp³-hybridized carbons (Fsp3) is 0.412. The topological polar surface area (TPSA) is 86.1 Å². The van der Waals surface area contributed by atoms with Gasteiger partial charge in [-0.3, -0.25) is 4.79 Å². The van der Waals surface area contributed by atoms with Gasteiger partial charge in [-0.25, -0.2) is 4.79 Å². The van der Waals surface area contributed by atoms with Gasteiger partial charge in [0.05, 0.1) is 23.9 Å². The molecule has 128 valence electrons. The number of hydrogen-bond acceptors (Lipinski definition) is 5. The van der Waals surface area contributed by atoms with Crippen molar-refractivity contribution in [3.8, 4) is 0 Å². The fourth-order valence-electron chi connectivity index (χ4n) is 2.13. The largest absolute Gasteiger partial charge is 0.462 e. The molecule has 1 amide bonds. The molecule has 24 heavy (non-hydrogen) atoms. The summed E-state index contributed by atoms with van der Waals surface area (Å²) in [4.78, 5) is 25.8. The monoisotopic (exact) mass is 330 g/mol. The van der Waals surface area contributed by atoms with E-state index < -0.39 is 5.97 Å². The van der Waals surface area contributed by atoms with Gasteiger partial charge < -0.3 is 10.1 Å². The minimum atomic E-state index is -0.423. The lowest BCUT2D eigenvalue weighted by Gasteiger charge is -2.06. The second kappa shape index (κ2) is 7.72. The summed E-state index contributed by atoms with van der Waals surface area (Å²) in [5.41, 5.74) is 1.83. The second-order valence-corrected chi connectivity index (χ2v) is 5.52. The highest BCUT2D eigenvalue weighted by Gasteiger charge is 2.19. The van der Waals surface area contributed by atoms with Gasteiger partial charge in [0.1, 0.15) is 0 Å². The SMILES string of the molecule is CCOC(=O)c1cccc(NC(=O)c2nn(C(C)C)nc2CC)c1. The third-order valence-electron chi connectivity index (χ3n) is 3.34. The minimum Gasteiger partial charge on any atom is -0.462 e. The van der Waals surface area contributed by atoms with Crippen LogP contribution in [0.3, 0.4) is 0 Å². The van der Waals surface area contributed by atoms with Gasteiger partial charge in [-0.05, 0) is 45.4 Å². The van der Waals surface area contributed by atoms with Crippen LogP contribution in [-0.4, -0.2) is 33.5 Å². The Morgan fingerprint density at radius 2 is 2.00 bits per heavy atom. The van der Waals surface area contributed by atoms with E-state index in [0.717, 1.165) is 0 Å². The van der Waals surface area contributed by atoms with Crippen molar-refractivity contribution in [3.05, 3.63) is 41.2 Å². The smallest absolute Gasteiger partial charge is 0.338 e. The number of carbonyl (C=O) groups is 2. The number of anilines is 1. The van der Waals surface area contributed by atoms with Crippen LogP contribution < -0.4 is 5.32 Å². The Balaban J connectivity index is 2.21. The molecule has 0 saturated carbocycles. The fourth-order valence-corrected chi connectivity index (χ4v) is 2.13. The predicted octanol–water partition coefficient (Wildman–Crippen LogP) is 2.85. The quantitative estimate of drug-likeness (QED) is 0.823. The van der Waals surface area contributed by atoms with E-state index in [1.54, 1.807) is 31.2 Å². The summed E-state index contributed by atoms with van der Waals surface area (Å²) < 4.78 is 4.96. The summed E-state index contributed by atoms with van der Waals surface area (Å²) in [6, 6.07) is 6.69. The van der Waals surface area contributed by atoms with Crippen LogP contribution >= 0.6 is 0 Å². The summed E-state index contributed by atoms with van der Waals surface area (Å²) in [6.45, 7) is 7.86. The molecule has 7 nitrogen and oxygen atoms in total. The number of ether oxygens (including phenoxy) is 1. The number of nitrogens with one attached hydrogen (secondary N) is 1. The summed E-state index contributed by atoms with van der Waals surface area (Å²) in [6.07, 6.45) is 0.609. The van der Waals surface area contributed by atoms with Crippen molar-refractivity contribution in [3.63, 3.8) is 0 Å². The zero-order chi connectivity index (χ0) is 17.7. The number of benzene rings is 1. The number of carbonyl (C=O) groups excluding carboxylic acids is 2. The molecule has 0 unspecified atom stereocenters. The maximum atomic E-state index is 12.5. The molecule has 7 heteroatoms. The zero-order valence-corrected chi connectivity index (χ0v) is 14.4. The Labute approximate surface area is 141 Å². The van der Waals surface area contributed by atoms with Crippen LogP contribution in [0.15, 0.2) is 24.3 Å². The average molecular weight is 330 g/mol. The number of aromatic nitrogens is 3. The summed E-state index contributed by atoms with van der Waals surface area (Å²) in [7, 11) is 0. The molecule has 1 aromatic carbocycles. The van der Waals surface area contributed by atoms with E-state index in [1.807, 2.05) is 20.8 Å². The molecule has 1 N–H and O–H groups in total. The molecular weight excluding hydrogens is 308 g/mol. The highest BCUT2D eigenvalue weighted by atomic mass is 16.5. The van der Waals surface area contributed by atoms with E-state index in [-0.39, 0.29) is 11.9 Å². The van der Waals surface area contributed by atoms with Crippen LogP contribution in [0.4, 0.5) is 5.69 Å². The van der Waals surface area contributed by atoms with Crippen LogP contribution in [0.2, 0.25) is 0 Å². The molecule has 0 radical (unpaired) electrons. The molecule has 1 heterocycles. The van der Waals surface area contributed by atoms with Gasteiger partial charge in [0, 0.05) is 5.69 Å². The molecule has 0 aliphatic heterocycles. The van der Waals surface area contributed by atoms with Crippen molar-refractivity contribution in [2.24, 2.45) is 0 Å². The minimum absolute atomic E-state index is 0.0731. The van der Waals surface area contributed by atoms with Gasteiger partial charge in [0.2, 0.25) is 0 Å². The van der Waals surface area contributed by atoms with E-state index in [9.17, 15) is 9.59 Å². The van der Waals surface area contributed by atoms with Crippen molar-refractivity contribution < 1.29 is 14.3 Å². The molecule has 0 aliphatic carbocycles. The van der Waals surface area contributed by atoms with Crippen molar-refractivity contribution in [2.45, 2.75) is 40.2 Å². The van der Waals surface area contributed by atoms with Crippen LogP contribution in [0.5, 0.6) is 0 Å². The van der Waals surface area contributed by atoms with Gasteiger partial charge in [-0.2, -0.15) is 9.90 Å².